The first-order chi connectivity index (χ1) is 19.6. The zero-order chi connectivity index (χ0) is 31.1. The van der Waals surface area contributed by atoms with Gasteiger partial charge < -0.3 is 9.84 Å². The monoisotopic (exact) mass is 568 g/mol. The van der Waals surface area contributed by atoms with Gasteiger partial charge in [0.2, 0.25) is 0 Å². The normalized spacial score (nSPS) is 29.5. The lowest BCUT2D eigenvalue weighted by Gasteiger charge is -2.42. The van der Waals surface area contributed by atoms with Gasteiger partial charge in [-0.3, -0.25) is 0 Å². The summed E-state index contributed by atoms with van der Waals surface area (Å²) in [7, 11) is 0. The zero-order valence-corrected chi connectivity index (χ0v) is 28.1. The van der Waals surface area contributed by atoms with Gasteiger partial charge in [0, 0.05) is 0 Å². The average molecular weight is 569 g/mol. The predicted octanol–water partition coefficient (Wildman–Crippen LogP) is 10.8. The van der Waals surface area contributed by atoms with Crippen LogP contribution >= 0.6 is 0 Å². The maximum Gasteiger partial charge on any atom is 0.0982 e. The maximum absolute atomic E-state index is 10.1. The summed E-state index contributed by atoms with van der Waals surface area (Å²) < 4.78 is 6.55. The molecule has 1 N–H and O–H groups in total. The van der Waals surface area contributed by atoms with E-state index in [9.17, 15) is 5.11 Å². The summed E-state index contributed by atoms with van der Waals surface area (Å²) in [4.78, 5) is 0. The lowest BCUT2D eigenvalue weighted by Crippen LogP contribution is -2.39. The van der Waals surface area contributed by atoms with Crippen molar-refractivity contribution >= 4 is 0 Å². The fourth-order valence-electron chi connectivity index (χ4n) is 6.84. The van der Waals surface area contributed by atoms with Crippen LogP contribution in [0.1, 0.15) is 101 Å². The molecule has 3 atom stereocenters. The van der Waals surface area contributed by atoms with E-state index in [0.717, 1.165) is 19.3 Å². The molecule has 3 aliphatic rings. The number of hydrogen-bond acceptors (Lipinski definition) is 2. The van der Waals surface area contributed by atoms with Crippen LogP contribution in [0.25, 0.3) is 0 Å². The number of rotatable bonds is 9. The van der Waals surface area contributed by atoms with Crippen LogP contribution in [-0.4, -0.2) is 22.9 Å². The Kier molecular flexibility index (Phi) is 11.4. The highest BCUT2D eigenvalue weighted by Gasteiger charge is 2.47. The van der Waals surface area contributed by atoms with E-state index in [1.54, 1.807) is 0 Å². The molecule has 1 saturated carbocycles. The molecule has 2 heteroatoms. The molecule has 0 bridgehead atoms. The van der Waals surface area contributed by atoms with Gasteiger partial charge in [-0.05, 0) is 107 Å². The van der Waals surface area contributed by atoms with E-state index in [4.69, 9.17) is 4.74 Å². The molecular weight excluding hydrogens is 512 g/mol. The summed E-state index contributed by atoms with van der Waals surface area (Å²) in [6.07, 6.45) is 33.2. The first-order valence-electron chi connectivity index (χ1n) is 15.8. The van der Waals surface area contributed by atoms with Crippen molar-refractivity contribution in [2.24, 2.45) is 10.8 Å². The first kappa shape index (κ1) is 33.8. The quantitative estimate of drug-likeness (QED) is 0.221. The highest BCUT2D eigenvalue weighted by Crippen LogP contribution is 2.52. The van der Waals surface area contributed by atoms with E-state index >= 15 is 0 Å². The van der Waals surface area contributed by atoms with Gasteiger partial charge >= 0.3 is 0 Å². The standard InChI is InChI=1S/C40H56O2/c1-29(18-13-19-31(3)22-23-35-33(5)26-34(41)28-39(35,8)9)16-11-12-17-30(2)20-14-21-32(4)36-27-37-38(6,7)24-15-25-40(37,10)42-36/h11-14,16-23,27,34,36,41H,15,24-26,28H2,1-10H3/b12-11+,18-13+,20-14+,23-22+,29-16+,30-17+,31-19+,32-21+/t34-,36+,40+/m0/s1. The van der Waals surface area contributed by atoms with Gasteiger partial charge in [-0.15, -0.1) is 0 Å². The molecule has 1 heterocycles. The van der Waals surface area contributed by atoms with Crippen LogP contribution in [-0.2, 0) is 4.74 Å². The van der Waals surface area contributed by atoms with E-state index in [1.807, 2.05) is 0 Å². The number of allylic oxidation sites excluding steroid dienone is 16. The second-order valence-corrected chi connectivity index (χ2v) is 14.3. The Labute approximate surface area is 257 Å². The molecule has 0 radical (unpaired) electrons. The van der Waals surface area contributed by atoms with Crippen molar-refractivity contribution in [1.29, 1.82) is 0 Å². The molecule has 2 aliphatic carbocycles. The SMILES string of the molecule is CC1=C(/C=C/C(C)=C/C=C/C(C)=C/C=C/C=C(C)/C=C/C=C(\C)[C@H]2C=C3C(C)(C)CCC[C@@]3(C)O2)C(C)(C)C[C@@H](O)C1. The first-order valence-corrected chi connectivity index (χ1v) is 15.8. The van der Waals surface area contributed by atoms with Crippen molar-refractivity contribution in [1.82, 2.24) is 0 Å². The molecule has 3 rings (SSSR count). The van der Waals surface area contributed by atoms with Gasteiger partial charge in [0.25, 0.3) is 0 Å². The molecule has 0 unspecified atom stereocenters. The number of hydrogen-bond donors (Lipinski definition) is 1. The molecule has 1 aliphatic heterocycles. The number of ether oxygens (including phenoxy) is 1. The lowest BCUT2D eigenvalue weighted by atomic mass is 9.67. The summed E-state index contributed by atoms with van der Waals surface area (Å²) >= 11 is 0. The van der Waals surface area contributed by atoms with Crippen molar-refractivity contribution in [3.63, 3.8) is 0 Å². The fourth-order valence-corrected chi connectivity index (χ4v) is 6.84. The number of aliphatic hydroxyl groups is 1. The van der Waals surface area contributed by atoms with Crippen LogP contribution in [0.15, 0.2) is 118 Å². The topological polar surface area (TPSA) is 29.5 Å². The average Bonchev–Trinajstić information content (AvgIpc) is 3.24. The highest BCUT2D eigenvalue weighted by atomic mass is 16.5. The molecule has 0 saturated heterocycles. The van der Waals surface area contributed by atoms with E-state index in [0.29, 0.717) is 0 Å². The molecule has 0 aromatic carbocycles. The van der Waals surface area contributed by atoms with Crippen LogP contribution < -0.4 is 0 Å². The highest BCUT2D eigenvalue weighted by molar-refractivity contribution is 5.39. The Bertz CT molecular complexity index is 1290. The van der Waals surface area contributed by atoms with Gasteiger partial charge in [-0.1, -0.05) is 123 Å². The smallest absolute Gasteiger partial charge is 0.0982 e. The summed E-state index contributed by atoms with van der Waals surface area (Å²) in [5.74, 6) is 0. The third-order valence-corrected chi connectivity index (χ3v) is 9.16. The molecule has 0 aromatic rings. The van der Waals surface area contributed by atoms with E-state index in [1.165, 1.54) is 51.9 Å². The number of aliphatic hydroxyl groups excluding tert-OH is 1. The summed E-state index contributed by atoms with van der Waals surface area (Å²) in [5, 5.41) is 10.1. The van der Waals surface area contributed by atoms with Crippen LogP contribution in [0.3, 0.4) is 0 Å². The van der Waals surface area contributed by atoms with Crippen molar-refractivity contribution in [2.45, 2.75) is 119 Å². The zero-order valence-electron chi connectivity index (χ0n) is 28.1. The Morgan fingerprint density at radius 1 is 0.786 bits per heavy atom. The molecule has 0 spiro atoms. The fraction of sp³-hybridized carbons (Fsp3) is 0.500. The van der Waals surface area contributed by atoms with Gasteiger partial charge in [-0.2, -0.15) is 0 Å². The van der Waals surface area contributed by atoms with Crippen molar-refractivity contribution < 1.29 is 9.84 Å². The van der Waals surface area contributed by atoms with Gasteiger partial charge in [0.1, 0.15) is 0 Å². The van der Waals surface area contributed by atoms with Crippen LogP contribution in [0.5, 0.6) is 0 Å². The Morgan fingerprint density at radius 2 is 1.36 bits per heavy atom. The maximum atomic E-state index is 10.1. The van der Waals surface area contributed by atoms with Gasteiger partial charge in [0.15, 0.2) is 0 Å². The van der Waals surface area contributed by atoms with Crippen LogP contribution in [0, 0.1) is 10.8 Å². The Balaban J connectivity index is 1.51. The molecule has 2 nitrogen and oxygen atoms in total. The minimum absolute atomic E-state index is 0.00964. The second-order valence-electron chi connectivity index (χ2n) is 14.3. The van der Waals surface area contributed by atoms with Crippen molar-refractivity contribution in [3.05, 3.63) is 118 Å². The molecule has 0 aromatic heterocycles. The largest absolute Gasteiger partial charge is 0.393 e. The van der Waals surface area contributed by atoms with E-state index < -0.39 is 0 Å². The lowest BCUT2D eigenvalue weighted by molar-refractivity contribution is -0.0307. The summed E-state index contributed by atoms with van der Waals surface area (Å²) in [6, 6.07) is 0. The van der Waals surface area contributed by atoms with E-state index in [-0.39, 0.29) is 28.6 Å². The summed E-state index contributed by atoms with van der Waals surface area (Å²) in [5.41, 5.74) is 9.13. The Morgan fingerprint density at radius 3 is 1.95 bits per heavy atom. The molecular formula is C40H56O2. The summed E-state index contributed by atoms with van der Waals surface area (Å²) in [6.45, 7) is 22.1. The molecule has 228 valence electrons. The van der Waals surface area contributed by atoms with Crippen molar-refractivity contribution in [2.75, 3.05) is 0 Å². The van der Waals surface area contributed by atoms with Crippen LogP contribution in [0.4, 0.5) is 0 Å². The van der Waals surface area contributed by atoms with Gasteiger partial charge in [0.05, 0.1) is 17.8 Å². The minimum atomic E-state index is -0.223. The molecule has 1 fully saturated rings. The predicted molar refractivity (Wildman–Crippen MR) is 182 cm³/mol. The molecule has 42 heavy (non-hydrogen) atoms. The second kappa shape index (κ2) is 14.2. The van der Waals surface area contributed by atoms with Crippen LogP contribution in [0.2, 0.25) is 0 Å². The van der Waals surface area contributed by atoms with Gasteiger partial charge in [-0.25, -0.2) is 0 Å². The number of fused-ring (bicyclic) bond motifs is 1. The Hall–Kier alpha value is -2.68. The van der Waals surface area contributed by atoms with E-state index in [2.05, 4.69) is 148 Å². The molecule has 0 amide bonds. The third kappa shape index (κ3) is 9.16. The van der Waals surface area contributed by atoms with Crippen molar-refractivity contribution in [3.8, 4) is 0 Å². The third-order valence-electron chi connectivity index (χ3n) is 9.16. The minimum Gasteiger partial charge on any atom is -0.393 e.